The quantitative estimate of drug-likeness (QED) is 0.659. The Bertz CT molecular complexity index is 1050. The fraction of sp³-hybridized carbons (Fsp3) is 0.200. The molecule has 0 fully saturated rings. The Kier molecular flexibility index (Phi) is 4.44. The van der Waals surface area contributed by atoms with Crippen LogP contribution in [-0.2, 0) is 10.0 Å². The summed E-state index contributed by atoms with van der Waals surface area (Å²) in [6.07, 6.45) is 2.72. The van der Waals surface area contributed by atoms with Crippen molar-refractivity contribution < 1.29 is 13.2 Å². The first-order valence-electron chi connectivity index (χ1n) is 7.20. The topological polar surface area (TPSA) is 98.1 Å². The van der Waals surface area contributed by atoms with Gasteiger partial charge in [0.05, 0.1) is 30.0 Å². The number of rotatable bonds is 5. The van der Waals surface area contributed by atoms with Gasteiger partial charge >= 0.3 is 0 Å². The standard InChI is InChI=1S/C15H16ClN5O3S/c1-17-15-10-8-18-14(16)7-12(10)21(19-15)11-5-4-9(6-13(11)24-2)20-25(3,22)23/h4-8,20H,1-3H3,(H,17,19). The first-order valence-corrected chi connectivity index (χ1v) is 9.47. The average Bonchev–Trinajstić information content (AvgIpc) is 2.91. The SMILES string of the molecule is CNc1nn(-c2ccc(NS(C)(=O)=O)cc2OC)c2cc(Cl)ncc12. The summed E-state index contributed by atoms with van der Waals surface area (Å²) < 4.78 is 32.3. The van der Waals surface area contributed by atoms with Crippen LogP contribution in [0.2, 0.25) is 5.15 Å². The summed E-state index contributed by atoms with van der Waals surface area (Å²) >= 11 is 6.02. The Labute approximate surface area is 149 Å². The molecule has 8 nitrogen and oxygen atoms in total. The van der Waals surface area contributed by atoms with Crippen LogP contribution in [0, 0.1) is 0 Å². The summed E-state index contributed by atoms with van der Waals surface area (Å²) in [5, 5.41) is 8.67. The molecular weight excluding hydrogens is 366 g/mol. The van der Waals surface area contributed by atoms with Gasteiger partial charge in [0.25, 0.3) is 0 Å². The van der Waals surface area contributed by atoms with Crippen molar-refractivity contribution >= 4 is 44.0 Å². The number of fused-ring (bicyclic) bond motifs is 1. The molecule has 0 aliphatic carbocycles. The minimum atomic E-state index is -3.38. The van der Waals surface area contributed by atoms with E-state index in [9.17, 15) is 8.42 Å². The number of hydrogen-bond acceptors (Lipinski definition) is 6. The number of nitrogens with zero attached hydrogens (tertiary/aromatic N) is 3. The second-order valence-electron chi connectivity index (χ2n) is 5.30. The lowest BCUT2D eigenvalue weighted by molar-refractivity contribution is 0.412. The minimum Gasteiger partial charge on any atom is -0.494 e. The maximum absolute atomic E-state index is 11.4. The molecule has 3 rings (SSSR count). The van der Waals surface area contributed by atoms with Crippen molar-refractivity contribution in [3.8, 4) is 11.4 Å². The zero-order valence-electron chi connectivity index (χ0n) is 13.7. The van der Waals surface area contributed by atoms with Gasteiger partial charge in [0.15, 0.2) is 5.82 Å². The van der Waals surface area contributed by atoms with E-state index in [0.717, 1.165) is 17.2 Å². The van der Waals surface area contributed by atoms with E-state index in [4.69, 9.17) is 16.3 Å². The Morgan fingerprint density at radius 2 is 2.04 bits per heavy atom. The lowest BCUT2D eigenvalue weighted by atomic mass is 10.2. The summed E-state index contributed by atoms with van der Waals surface area (Å²) in [5.41, 5.74) is 1.77. The van der Waals surface area contributed by atoms with Gasteiger partial charge in [-0.05, 0) is 12.1 Å². The van der Waals surface area contributed by atoms with Gasteiger partial charge in [-0.2, -0.15) is 0 Å². The molecule has 0 saturated carbocycles. The van der Waals surface area contributed by atoms with E-state index in [1.54, 1.807) is 42.2 Å². The zero-order valence-corrected chi connectivity index (χ0v) is 15.3. The number of methoxy groups -OCH3 is 1. The predicted octanol–water partition coefficient (Wildman–Crippen LogP) is 2.50. The van der Waals surface area contributed by atoms with E-state index in [-0.39, 0.29) is 0 Å². The second kappa shape index (κ2) is 6.41. The van der Waals surface area contributed by atoms with Crippen molar-refractivity contribution in [2.45, 2.75) is 0 Å². The molecular formula is C15H16ClN5O3S. The predicted molar refractivity (Wildman–Crippen MR) is 98.4 cm³/mol. The van der Waals surface area contributed by atoms with Gasteiger partial charge in [-0.25, -0.2) is 18.1 Å². The summed E-state index contributed by atoms with van der Waals surface area (Å²) in [6, 6.07) is 6.64. The maximum atomic E-state index is 11.4. The molecule has 1 aromatic carbocycles. The third kappa shape index (κ3) is 3.47. The van der Waals surface area contributed by atoms with E-state index in [1.165, 1.54) is 7.11 Å². The Morgan fingerprint density at radius 3 is 2.68 bits per heavy atom. The molecule has 0 amide bonds. The number of aromatic nitrogens is 3. The molecule has 25 heavy (non-hydrogen) atoms. The van der Waals surface area contributed by atoms with Crippen LogP contribution in [0.4, 0.5) is 11.5 Å². The summed E-state index contributed by atoms with van der Waals surface area (Å²) in [5.74, 6) is 1.09. The van der Waals surface area contributed by atoms with E-state index < -0.39 is 10.0 Å². The van der Waals surface area contributed by atoms with Gasteiger partial charge in [0.1, 0.15) is 16.6 Å². The van der Waals surface area contributed by atoms with Crippen LogP contribution >= 0.6 is 11.6 Å². The van der Waals surface area contributed by atoms with Crippen molar-refractivity contribution in [3.63, 3.8) is 0 Å². The average molecular weight is 382 g/mol. The lowest BCUT2D eigenvalue weighted by Gasteiger charge is -2.12. The summed E-state index contributed by atoms with van der Waals surface area (Å²) in [7, 11) is -0.120. The molecule has 0 saturated heterocycles. The smallest absolute Gasteiger partial charge is 0.229 e. The van der Waals surface area contributed by atoms with Gasteiger partial charge in [0.2, 0.25) is 10.0 Å². The number of anilines is 2. The molecule has 0 aliphatic heterocycles. The van der Waals surface area contributed by atoms with Crippen molar-refractivity contribution in [3.05, 3.63) is 35.6 Å². The van der Waals surface area contributed by atoms with Gasteiger partial charge in [-0.1, -0.05) is 11.6 Å². The van der Waals surface area contributed by atoms with E-state index in [1.807, 2.05) is 0 Å². The maximum Gasteiger partial charge on any atom is 0.229 e. The number of ether oxygens (including phenoxy) is 1. The highest BCUT2D eigenvalue weighted by Crippen LogP contribution is 2.32. The van der Waals surface area contributed by atoms with Crippen molar-refractivity contribution in [2.75, 3.05) is 30.5 Å². The third-order valence-corrected chi connectivity index (χ3v) is 4.29. The van der Waals surface area contributed by atoms with Gasteiger partial charge in [-0.3, -0.25) is 4.72 Å². The van der Waals surface area contributed by atoms with E-state index in [2.05, 4.69) is 20.1 Å². The van der Waals surface area contributed by atoms with Crippen LogP contribution in [0.1, 0.15) is 0 Å². The number of hydrogen-bond donors (Lipinski definition) is 2. The molecule has 10 heteroatoms. The van der Waals surface area contributed by atoms with Crippen LogP contribution in [-0.4, -0.2) is 43.6 Å². The van der Waals surface area contributed by atoms with Crippen LogP contribution in [0.5, 0.6) is 5.75 Å². The molecule has 2 heterocycles. The molecule has 132 valence electrons. The van der Waals surface area contributed by atoms with Gasteiger partial charge in [-0.15, -0.1) is 5.10 Å². The van der Waals surface area contributed by atoms with Gasteiger partial charge < -0.3 is 10.1 Å². The zero-order chi connectivity index (χ0) is 18.2. The highest BCUT2D eigenvalue weighted by molar-refractivity contribution is 7.92. The molecule has 0 spiro atoms. The van der Waals surface area contributed by atoms with Crippen LogP contribution in [0.15, 0.2) is 30.5 Å². The monoisotopic (exact) mass is 381 g/mol. The highest BCUT2D eigenvalue weighted by Gasteiger charge is 2.16. The highest BCUT2D eigenvalue weighted by atomic mass is 35.5. The van der Waals surface area contributed by atoms with Crippen LogP contribution in [0.3, 0.4) is 0 Å². The summed E-state index contributed by atoms with van der Waals surface area (Å²) in [4.78, 5) is 4.08. The van der Waals surface area contributed by atoms with Crippen LogP contribution < -0.4 is 14.8 Å². The van der Waals surface area contributed by atoms with Crippen molar-refractivity contribution in [1.82, 2.24) is 14.8 Å². The molecule has 0 unspecified atom stereocenters. The third-order valence-electron chi connectivity index (χ3n) is 3.48. The second-order valence-corrected chi connectivity index (χ2v) is 7.43. The Hall–Kier alpha value is -2.52. The number of benzene rings is 1. The van der Waals surface area contributed by atoms with Crippen molar-refractivity contribution in [1.29, 1.82) is 0 Å². The van der Waals surface area contributed by atoms with E-state index in [0.29, 0.717) is 28.1 Å². The molecule has 0 radical (unpaired) electrons. The fourth-order valence-corrected chi connectivity index (χ4v) is 3.19. The molecule has 0 bridgehead atoms. The Morgan fingerprint density at radius 1 is 1.28 bits per heavy atom. The van der Waals surface area contributed by atoms with Gasteiger partial charge in [0, 0.05) is 25.4 Å². The number of sulfonamides is 1. The molecule has 2 N–H and O–H groups in total. The normalized spacial score (nSPS) is 11.5. The number of pyridine rings is 1. The van der Waals surface area contributed by atoms with Crippen molar-refractivity contribution in [2.24, 2.45) is 0 Å². The van der Waals surface area contributed by atoms with E-state index >= 15 is 0 Å². The fourth-order valence-electron chi connectivity index (χ4n) is 2.48. The molecule has 0 aliphatic rings. The Balaban J connectivity index is 2.19. The lowest BCUT2D eigenvalue weighted by Crippen LogP contribution is -2.10. The summed E-state index contributed by atoms with van der Waals surface area (Å²) in [6.45, 7) is 0. The number of halogens is 1. The molecule has 3 aromatic rings. The number of nitrogens with one attached hydrogen (secondary N) is 2. The molecule has 2 aromatic heterocycles. The minimum absolute atomic E-state index is 0.339. The first-order chi connectivity index (χ1) is 11.8. The first kappa shape index (κ1) is 17.3. The molecule has 0 atom stereocenters. The largest absolute Gasteiger partial charge is 0.494 e. The van der Waals surface area contributed by atoms with Crippen LogP contribution in [0.25, 0.3) is 16.6 Å².